The monoisotopic (exact) mass is 293 g/mol. The van der Waals surface area contributed by atoms with Gasteiger partial charge in [0.05, 0.1) is 11.4 Å². The molecule has 2 aromatic heterocycles. The molecule has 1 aromatic carbocycles. The molecule has 0 aliphatic carbocycles. The van der Waals surface area contributed by atoms with Crippen LogP contribution >= 0.6 is 0 Å². The Balaban J connectivity index is 2.32. The fraction of sp³-hybridized carbons (Fsp3) is 0.176. The van der Waals surface area contributed by atoms with Crippen LogP contribution in [0.2, 0.25) is 0 Å². The summed E-state index contributed by atoms with van der Waals surface area (Å²) in [4.78, 5) is 32.4. The van der Waals surface area contributed by atoms with Gasteiger partial charge in [0.1, 0.15) is 5.82 Å². The van der Waals surface area contributed by atoms with Crippen LogP contribution in [0.4, 0.5) is 0 Å². The van der Waals surface area contributed by atoms with Crippen LogP contribution in [0.25, 0.3) is 16.7 Å². The van der Waals surface area contributed by atoms with Crippen LogP contribution < -0.4 is 5.56 Å². The number of carbonyl (C=O) groups excluding carboxylic acids is 1. The number of hydrogen-bond donors (Lipinski definition) is 0. The summed E-state index contributed by atoms with van der Waals surface area (Å²) in [5, 5.41) is 0.834. The highest BCUT2D eigenvalue weighted by Gasteiger charge is 2.10. The first-order chi connectivity index (χ1) is 10.5. The average molecular weight is 293 g/mol. The Morgan fingerprint density at radius 2 is 1.68 bits per heavy atom. The van der Waals surface area contributed by atoms with Gasteiger partial charge < -0.3 is 0 Å². The summed E-state index contributed by atoms with van der Waals surface area (Å²) < 4.78 is 1.54. The van der Waals surface area contributed by atoms with Gasteiger partial charge in [-0.15, -0.1) is 0 Å². The second kappa shape index (κ2) is 5.18. The second-order valence-electron chi connectivity index (χ2n) is 5.20. The lowest BCUT2D eigenvalue weighted by molar-refractivity contribution is 0.101. The first-order valence-corrected chi connectivity index (χ1v) is 6.96. The highest BCUT2D eigenvalue weighted by Crippen LogP contribution is 2.17. The maximum atomic E-state index is 12.3. The van der Waals surface area contributed by atoms with Gasteiger partial charge in [-0.25, -0.2) is 9.97 Å². The largest absolute Gasteiger partial charge is 0.295 e. The molecule has 0 aliphatic heterocycles. The highest BCUT2D eigenvalue weighted by molar-refractivity contribution is 5.94. The zero-order valence-electron chi connectivity index (χ0n) is 12.6. The average Bonchev–Trinajstić information content (AvgIpc) is 2.47. The molecule has 0 aliphatic rings. The van der Waals surface area contributed by atoms with Crippen molar-refractivity contribution in [3.63, 3.8) is 0 Å². The number of pyridine rings is 1. The molecule has 0 saturated carbocycles. The molecular formula is C17H15N3O2. The molecule has 0 radical (unpaired) electrons. The summed E-state index contributed by atoms with van der Waals surface area (Å²) in [5.41, 5.74) is 2.53. The van der Waals surface area contributed by atoms with E-state index in [2.05, 4.69) is 9.97 Å². The number of aromatic nitrogens is 3. The number of aryl methyl sites for hydroxylation is 2. The molecule has 0 bridgehead atoms. The van der Waals surface area contributed by atoms with Gasteiger partial charge >= 0.3 is 0 Å². The summed E-state index contributed by atoms with van der Waals surface area (Å²) in [6.07, 6.45) is 0. The van der Waals surface area contributed by atoms with Gasteiger partial charge in [-0.05, 0) is 51.1 Å². The topological polar surface area (TPSA) is 64.8 Å². The molecule has 5 heteroatoms. The lowest BCUT2D eigenvalue weighted by atomic mass is 10.1. The molecule has 3 rings (SSSR count). The van der Waals surface area contributed by atoms with E-state index < -0.39 is 0 Å². The van der Waals surface area contributed by atoms with Crippen molar-refractivity contribution in [3.8, 4) is 5.69 Å². The molecule has 0 saturated heterocycles. The molecule has 5 nitrogen and oxygen atoms in total. The number of ketones is 1. The first kappa shape index (κ1) is 14.1. The SMILES string of the molecule is CC(=O)c1ccc(-n2c(=O)ccc3c(C)nc(C)nc32)cc1. The summed E-state index contributed by atoms with van der Waals surface area (Å²) in [7, 11) is 0. The molecule has 22 heavy (non-hydrogen) atoms. The lowest BCUT2D eigenvalue weighted by Crippen LogP contribution is -2.19. The van der Waals surface area contributed by atoms with Crippen LogP contribution in [0.3, 0.4) is 0 Å². The zero-order valence-corrected chi connectivity index (χ0v) is 12.6. The fourth-order valence-corrected chi connectivity index (χ4v) is 2.50. The summed E-state index contributed by atoms with van der Waals surface area (Å²) in [6.45, 7) is 5.21. The summed E-state index contributed by atoms with van der Waals surface area (Å²) in [6, 6.07) is 10.2. The zero-order chi connectivity index (χ0) is 15.9. The van der Waals surface area contributed by atoms with Crippen molar-refractivity contribution in [2.75, 3.05) is 0 Å². The number of carbonyl (C=O) groups is 1. The van der Waals surface area contributed by atoms with Gasteiger partial charge in [-0.1, -0.05) is 0 Å². The molecule has 3 aromatic rings. The fourth-order valence-electron chi connectivity index (χ4n) is 2.50. The Kier molecular flexibility index (Phi) is 3.33. The Bertz CT molecular complexity index is 941. The van der Waals surface area contributed by atoms with Crippen LogP contribution in [-0.4, -0.2) is 20.3 Å². The number of Topliss-reactive ketones (excluding diaryl/α,β-unsaturated/α-hetero) is 1. The third kappa shape index (κ3) is 2.30. The van der Waals surface area contributed by atoms with E-state index in [1.54, 1.807) is 41.8 Å². The van der Waals surface area contributed by atoms with Gasteiger partial charge in [0.15, 0.2) is 11.4 Å². The molecular weight excluding hydrogens is 278 g/mol. The maximum absolute atomic E-state index is 12.3. The van der Waals surface area contributed by atoms with E-state index in [1.165, 1.54) is 13.0 Å². The minimum Gasteiger partial charge on any atom is -0.295 e. The van der Waals surface area contributed by atoms with Gasteiger partial charge in [-0.2, -0.15) is 0 Å². The Labute approximate surface area is 127 Å². The molecule has 2 heterocycles. The minimum atomic E-state index is -0.166. The number of fused-ring (bicyclic) bond motifs is 1. The Morgan fingerprint density at radius 1 is 1.00 bits per heavy atom. The molecule has 110 valence electrons. The van der Waals surface area contributed by atoms with Crippen LogP contribution in [0.1, 0.15) is 28.8 Å². The van der Waals surface area contributed by atoms with Gasteiger partial charge in [0.25, 0.3) is 5.56 Å². The highest BCUT2D eigenvalue weighted by atomic mass is 16.1. The van der Waals surface area contributed by atoms with Gasteiger partial charge in [0.2, 0.25) is 0 Å². The Morgan fingerprint density at radius 3 is 2.32 bits per heavy atom. The third-order valence-corrected chi connectivity index (χ3v) is 3.58. The second-order valence-corrected chi connectivity index (χ2v) is 5.20. The van der Waals surface area contributed by atoms with Crippen LogP contribution in [0, 0.1) is 13.8 Å². The molecule has 0 atom stereocenters. The van der Waals surface area contributed by atoms with Crippen LogP contribution in [0.15, 0.2) is 41.2 Å². The van der Waals surface area contributed by atoms with Gasteiger partial charge in [-0.3, -0.25) is 14.2 Å². The number of hydrogen-bond acceptors (Lipinski definition) is 4. The smallest absolute Gasteiger partial charge is 0.256 e. The van der Waals surface area contributed by atoms with Gasteiger partial charge in [0, 0.05) is 17.0 Å². The predicted molar refractivity (Wildman–Crippen MR) is 84.6 cm³/mol. The van der Waals surface area contributed by atoms with E-state index in [0.29, 0.717) is 22.7 Å². The number of rotatable bonds is 2. The third-order valence-electron chi connectivity index (χ3n) is 3.58. The minimum absolute atomic E-state index is 0.00849. The molecule has 0 fully saturated rings. The normalized spacial score (nSPS) is 10.9. The van der Waals surface area contributed by atoms with Crippen LogP contribution in [0.5, 0.6) is 0 Å². The van der Waals surface area contributed by atoms with Crippen molar-refractivity contribution in [1.82, 2.24) is 14.5 Å². The van der Waals surface area contributed by atoms with Crippen molar-refractivity contribution in [2.45, 2.75) is 20.8 Å². The van der Waals surface area contributed by atoms with Crippen molar-refractivity contribution in [2.24, 2.45) is 0 Å². The van der Waals surface area contributed by atoms with Crippen molar-refractivity contribution in [1.29, 1.82) is 0 Å². The van der Waals surface area contributed by atoms with E-state index >= 15 is 0 Å². The van der Waals surface area contributed by atoms with Crippen LogP contribution in [-0.2, 0) is 0 Å². The summed E-state index contributed by atoms with van der Waals surface area (Å²) >= 11 is 0. The first-order valence-electron chi connectivity index (χ1n) is 6.96. The quantitative estimate of drug-likeness (QED) is 0.681. The Hall–Kier alpha value is -2.82. The predicted octanol–water partition coefficient (Wildman–Crippen LogP) is 2.60. The molecule has 0 unspecified atom stereocenters. The van der Waals surface area contributed by atoms with E-state index in [1.807, 2.05) is 6.92 Å². The molecule has 0 N–H and O–H groups in total. The van der Waals surface area contributed by atoms with Crippen molar-refractivity contribution in [3.05, 3.63) is 63.8 Å². The molecule has 0 amide bonds. The summed E-state index contributed by atoms with van der Waals surface area (Å²) in [5.74, 6) is 0.607. The maximum Gasteiger partial charge on any atom is 0.256 e. The number of nitrogens with zero attached hydrogens (tertiary/aromatic N) is 3. The van der Waals surface area contributed by atoms with E-state index in [0.717, 1.165) is 11.1 Å². The van der Waals surface area contributed by atoms with Crippen molar-refractivity contribution >= 4 is 16.8 Å². The lowest BCUT2D eigenvalue weighted by Gasteiger charge is -2.11. The van der Waals surface area contributed by atoms with E-state index in [-0.39, 0.29) is 11.3 Å². The molecule has 0 spiro atoms. The van der Waals surface area contributed by atoms with E-state index in [4.69, 9.17) is 0 Å². The standard InChI is InChI=1S/C17H15N3O2/c1-10-15-8-9-16(22)20(17(15)19-12(3)18-10)14-6-4-13(5-7-14)11(2)21/h4-9H,1-3H3. The number of benzene rings is 1. The van der Waals surface area contributed by atoms with E-state index in [9.17, 15) is 9.59 Å². The van der Waals surface area contributed by atoms with Crippen molar-refractivity contribution < 1.29 is 4.79 Å².